The Balaban J connectivity index is 2.03. The van der Waals surface area contributed by atoms with Crippen molar-refractivity contribution in [2.45, 2.75) is 18.2 Å². The van der Waals surface area contributed by atoms with Gasteiger partial charge in [-0.05, 0) is 17.7 Å². The zero-order valence-corrected chi connectivity index (χ0v) is 16.4. The number of carboxylic acids is 1. The maximum Gasteiger partial charge on any atom is 0.307 e. The van der Waals surface area contributed by atoms with Crippen molar-refractivity contribution in [1.82, 2.24) is 19.7 Å². The first-order valence-electron chi connectivity index (χ1n) is 8.55. The van der Waals surface area contributed by atoms with E-state index in [-0.39, 0.29) is 33.5 Å². The molecule has 0 aliphatic heterocycles. The predicted octanol–water partition coefficient (Wildman–Crippen LogP) is 2.18. The van der Waals surface area contributed by atoms with Crippen LogP contribution in [0.1, 0.15) is 12.5 Å². The number of halogens is 1. The molecule has 0 saturated carbocycles. The van der Waals surface area contributed by atoms with Crippen LogP contribution in [0.3, 0.4) is 0 Å². The van der Waals surface area contributed by atoms with Crippen LogP contribution in [0.25, 0.3) is 11.4 Å². The molecule has 0 fully saturated rings. The Morgan fingerprint density at radius 2 is 2.07 bits per heavy atom. The fourth-order valence-electron chi connectivity index (χ4n) is 2.59. The van der Waals surface area contributed by atoms with Gasteiger partial charge in [-0.1, -0.05) is 13.0 Å². The summed E-state index contributed by atoms with van der Waals surface area (Å²) in [6.45, 7) is 1.49. The summed E-state index contributed by atoms with van der Waals surface area (Å²) >= 11 is 0. The van der Waals surface area contributed by atoms with Crippen molar-refractivity contribution in [3.63, 3.8) is 0 Å². The zero-order valence-electron chi connectivity index (χ0n) is 15.6. The zero-order chi connectivity index (χ0) is 21.2. The van der Waals surface area contributed by atoms with Gasteiger partial charge in [0.2, 0.25) is 0 Å². The number of sulfone groups is 1. The van der Waals surface area contributed by atoms with E-state index in [1.54, 1.807) is 17.9 Å². The van der Waals surface area contributed by atoms with Gasteiger partial charge in [0, 0.05) is 18.9 Å². The van der Waals surface area contributed by atoms with Gasteiger partial charge in [-0.25, -0.2) is 22.8 Å². The van der Waals surface area contributed by atoms with Gasteiger partial charge in [-0.15, -0.1) is 0 Å². The monoisotopic (exact) mass is 419 g/mol. The van der Waals surface area contributed by atoms with Gasteiger partial charge < -0.3 is 10.4 Å². The number of hydrogen-bond acceptors (Lipinski definition) is 7. The Kier molecular flexibility index (Phi) is 5.59. The molecule has 0 unspecified atom stereocenters. The summed E-state index contributed by atoms with van der Waals surface area (Å²) in [4.78, 5) is 19.1. The molecule has 0 amide bonds. The summed E-state index contributed by atoms with van der Waals surface area (Å²) < 4.78 is 40.6. The first-order chi connectivity index (χ1) is 13.7. The number of nitrogens with one attached hydrogen (secondary N) is 1. The van der Waals surface area contributed by atoms with E-state index in [9.17, 15) is 17.6 Å². The van der Waals surface area contributed by atoms with Crippen molar-refractivity contribution < 1.29 is 22.7 Å². The summed E-state index contributed by atoms with van der Waals surface area (Å²) in [5, 5.41) is 15.7. The molecule has 1 aromatic carbocycles. The van der Waals surface area contributed by atoms with E-state index in [2.05, 4.69) is 20.4 Å². The number of carbonyl (C=O) groups is 1. The number of rotatable bonds is 7. The second kappa shape index (κ2) is 7.95. The molecule has 0 aliphatic rings. The maximum absolute atomic E-state index is 14.2. The van der Waals surface area contributed by atoms with E-state index in [0.717, 1.165) is 6.07 Å². The Morgan fingerprint density at radius 1 is 1.31 bits per heavy atom. The summed E-state index contributed by atoms with van der Waals surface area (Å²) in [6.07, 6.45) is 3.95. The lowest BCUT2D eigenvalue weighted by molar-refractivity contribution is -0.136. The van der Waals surface area contributed by atoms with E-state index >= 15 is 0 Å². The summed E-state index contributed by atoms with van der Waals surface area (Å²) in [6, 6.07) is 3.87. The van der Waals surface area contributed by atoms with Gasteiger partial charge in [0.15, 0.2) is 21.5 Å². The van der Waals surface area contributed by atoms with Gasteiger partial charge in [0.1, 0.15) is 10.7 Å². The SMILES string of the molecule is CCS(=O)(=O)c1cnc(-c2cnn(C)c2)nc1Nc1ccc(CC(=O)O)c(F)c1. The summed E-state index contributed by atoms with van der Waals surface area (Å²) in [7, 11) is -1.93. The normalized spacial score (nSPS) is 11.4. The third-order valence-corrected chi connectivity index (χ3v) is 5.82. The Hall–Kier alpha value is -3.34. The molecule has 11 heteroatoms. The fraction of sp³-hybridized carbons (Fsp3) is 0.222. The molecule has 0 atom stereocenters. The van der Waals surface area contributed by atoms with Gasteiger partial charge in [0.05, 0.1) is 30.1 Å². The minimum absolute atomic E-state index is 0.00825. The van der Waals surface area contributed by atoms with E-state index in [1.807, 2.05) is 0 Å². The second-order valence-electron chi connectivity index (χ2n) is 6.21. The van der Waals surface area contributed by atoms with Crippen LogP contribution < -0.4 is 5.32 Å². The average Bonchev–Trinajstić information content (AvgIpc) is 3.10. The molecular formula is C18H18FN5O4S. The molecule has 2 aromatic heterocycles. The number of carboxylic acid groups (broad SMARTS) is 1. The van der Waals surface area contributed by atoms with Crippen molar-refractivity contribution in [2.75, 3.05) is 11.1 Å². The number of nitrogens with zero attached hydrogens (tertiary/aromatic N) is 4. The number of aliphatic carboxylic acids is 1. The minimum Gasteiger partial charge on any atom is -0.481 e. The first kappa shape index (κ1) is 20.4. The number of anilines is 2. The predicted molar refractivity (Wildman–Crippen MR) is 103 cm³/mol. The molecule has 3 aromatic rings. The van der Waals surface area contributed by atoms with Crippen LogP contribution in [0.4, 0.5) is 15.9 Å². The molecule has 0 spiro atoms. The molecule has 0 radical (unpaired) electrons. The Labute approximate surface area is 166 Å². The van der Waals surface area contributed by atoms with Crippen LogP contribution in [0.2, 0.25) is 0 Å². The molecule has 0 saturated heterocycles. The lowest BCUT2D eigenvalue weighted by Gasteiger charge is -2.12. The molecule has 2 heterocycles. The Bertz CT molecular complexity index is 1180. The van der Waals surface area contributed by atoms with Crippen molar-refractivity contribution in [1.29, 1.82) is 0 Å². The minimum atomic E-state index is -3.66. The lowest BCUT2D eigenvalue weighted by atomic mass is 10.1. The van der Waals surface area contributed by atoms with Crippen molar-refractivity contribution in [3.8, 4) is 11.4 Å². The van der Waals surface area contributed by atoms with E-state index in [1.165, 1.54) is 31.5 Å². The molecule has 2 N–H and O–H groups in total. The molecule has 0 aliphatic carbocycles. The molecule has 0 bridgehead atoms. The molecule has 3 rings (SSSR count). The van der Waals surface area contributed by atoms with Crippen molar-refractivity contribution >= 4 is 27.3 Å². The highest BCUT2D eigenvalue weighted by atomic mass is 32.2. The summed E-state index contributed by atoms with van der Waals surface area (Å²) in [5.41, 5.74) is 0.821. The molecule has 9 nitrogen and oxygen atoms in total. The van der Waals surface area contributed by atoms with Crippen LogP contribution in [-0.4, -0.2) is 45.0 Å². The highest BCUT2D eigenvalue weighted by Gasteiger charge is 2.21. The lowest BCUT2D eigenvalue weighted by Crippen LogP contribution is -2.10. The second-order valence-corrected chi connectivity index (χ2v) is 8.46. The van der Waals surface area contributed by atoms with Crippen LogP contribution in [0, 0.1) is 5.82 Å². The van der Waals surface area contributed by atoms with Gasteiger partial charge in [-0.2, -0.15) is 5.10 Å². The third kappa shape index (κ3) is 4.57. The van der Waals surface area contributed by atoms with Crippen molar-refractivity contribution in [3.05, 3.63) is 48.2 Å². The highest BCUT2D eigenvalue weighted by Crippen LogP contribution is 2.27. The number of aryl methyl sites for hydroxylation is 1. The van der Waals surface area contributed by atoms with Crippen LogP contribution in [0.15, 0.2) is 41.7 Å². The van der Waals surface area contributed by atoms with Crippen LogP contribution in [0.5, 0.6) is 0 Å². The largest absolute Gasteiger partial charge is 0.481 e. The average molecular weight is 419 g/mol. The Morgan fingerprint density at radius 3 is 2.66 bits per heavy atom. The van der Waals surface area contributed by atoms with Gasteiger partial charge in [0.25, 0.3) is 0 Å². The van der Waals surface area contributed by atoms with E-state index in [0.29, 0.717) is 5.56 Å². The van der Waals surface area contributed by atoms with Crippen LogP contribution in [-0.2, 0) is 28.1 Å². The number of hydrogen-bond donors (Lipinski definition) is 2. The third-order valence-electron chi connectivity index (χ3n) is 4.09. The van der Waals surface area contributed by atoms with Gasteiger partial charge >= 0.3 is 5.97 Å². The standard InChI is InChI=1S/C18H18FN5O4S/c1-3-29(27,28)15-9-20-17(12-8-21-24(2)10-12)23-18(15)22-13-5-4-11(6-16(25)26)14(19)7-13/h4-5,7-10H,3,6H2,1-2H3,(H,25,26)(H,20,22,23). The van der Waals surface area contributed by atoms with Crippen molar-refractivity contribution in [2.24, 2.45) is 7.05 Å². The first-order valence-corrected chi connectivity index (χ1v) is 10.2. The van der Waals surface area contributed by atoms with Gasteiger partial charge in [-0.3, -0.25) is 9.48 Å². The highest BCUT2D eigenvalue weighted by molar-refractivity contribution is 7.91. The van der Waals surface area contributed by atoms with E-state index < -0.39 is 28.0 Å². The quantitative estimate of drug-likeness (QED) is 0.597. The number of benzene rings is 1. The fourth-order valence-corrected chi connectivity index (χ4v) is 3.50. The maximum atomic E-state index is 14.2. The summed E-state index contributed by atoms with van der Waals surface area (Å²) in [5.74, 6) is -1.80. The topological polar surface area (TPSA) is 127 Å². The smallest absolute Gasteiger partial charge is 0.307 e. The molecular weight excluding hydrogens is 401 g/mol. The van der Waals surface area contributed by atoms with E-state index in [4.69, 9.17) is 5.11 Å². The number of aromatic nitrogens is 4. The van der Waals surface area contributed by atoms with Crippen LogP contribution >= 0.6 is 0 Å². The molecule has 29 heavy (non-hydrogen) atoms. The molecule has 152 valence electrons.